The minimum Gasteiger partial charge on any atom is -0.481 e. The predicted octanol–water partition coefficient (Wildman–Crippen LogP) is 2.94. The van der Waals surface area contributed by atoms with Gasteiger partial charge in [-0.05, 0) is 24.7 Å². The average molecular weight is 238 g/mol. The first-order chi connectivity index (χ1) is 7.99. The summed E-state index contributed by atoms with van der Waals surface area (Å²) < 4.78 is 2.07. The lowest BCUT2D eigenvalue weighted by molar-refractivity contribution is -0.137. The summed E-state index contributed by atoms with van der Waals surface area (Å²) in [7, 11) is 0. The Kier molecular flexibility index (Phi) is 5.19. The van der Waals surface area contributed by atoms with Crippen LogP contribution in [0, 0.1) is 5.41 Å². The van der Waals surface area contributed by atoms with Crippen LogP contribution in [0.25, 0.3) is 0 Å². The number of aliphatic carboxylic acids is 1. The van der Waals surface area contributed by atoms with Crippen molar-refractivity contribution in [2.45, 2.75) is 52.5 Å². The molecule has 0 fully saturated rings. The van der Waals surface area contributed by atoms with E-state index in [0.29, 0.717) is 0 Å². The minimum absolute atomic E-state index is 0.132. The Hall–Kier alpha value is -1.32. The second-order valence-corrected chi connectivity index (χ2v) is 5.32. The van der Waals surface area contributed by atoms with Gasteiger partial charge in [-0.15, -0.1) is 0 Å². The van der Waals surface area contributed by atoms with Gasteiger partial charge in [-0.1, -0.05) is 20.3 Å². The van der Waals surface area contributed by atoms with Gasteiger partial charge in [0.25, 0.3) is 0 Å². The second kappa shape index (κ2) is 6.42. The number of carboxylic acid groups (broad SMARTS) is 1. The number of imidazole rings is 1. The highest BCUT2D eigenvalue weighted by Crippen LogP contribution is 2.28. The molecule has 0 saturated heterocycles. The lowest BCUT2D eigenvalue weighted by Gasteiger charge is -2.23. The average Bonchev–Trinajstić information content (AvgIpc) is 2.75. The molecular weight excluding hydrogens is 216 g/mol. The van der Waals surface area contributed by atoms with E-state index in [9.17, 15) is 4.79 Å². The maximum atomic E-state index is 10.5. The summed E-state index contributed by atoms with van der Waals surface area (Å²) in [5.41, 5.74) is 0.132. The number of carboxylic acids is 1. The largest absolute Gasteiger partial charge is 0.481 e. The van der Waals surface area contributed by atoms with Gasteiger partial charge in [-0.2, -0.15) is 0 Å². The molecule has 1 N–H and O–H groups in total. The van der Waals surface area contributed by atoms with Crippen molar-refractivity contribution in [3.8, 4) is 0 Å². The van der Waals surface area contributed by atoms with Crippen LogP contribution in [0.2, 0.25) is 0 Å². The lowest BCUT2D eigenvalue weighted by atomic mass is 9.83. The van der Waals surface area contributed by atoms with Crippen molar-refractivity contribution < 1.29 is 9.90 Å². The molecule has 0 radical (unpaired) electrons. The van der Waals surface area contributed by atoms with Gasteiger partial charge in [0, 0.05) is 25.4 Å². The molecule has 1 rings (SSSR count). The zero-order chi connectivity index (χ0) is 12.7. The van der Waals surface area contributed by atoms with Gasteiger partial charge >= 0.3 is 5.97 Å². The van der Waals surface area contributed by atoms with Crippen LogP contribution in [0.4, 0.5) is 0 Å². The maximum Gasteiger partial charge on any atom is 0.303 e. The molecule has 0 aliphatic rings. The van der Waals surface area contributed by atoms with E-state index < -0.39 is 5.97 Å². The molecule has 0 saturated carbocycles. The van der Waals surface area contributed by atoms with Crippen molar-refractivity contribution in [2.24, 2.45) is 5.41 Å². The Bertz CT molecular complexity index is 331. The first-order valence-corrected chi connectivity index (χ1v) is 6.17. The van der Waals surface area contributed by atoms with Gasteiger partial charge in [-0.3, -0.25) is 4.79 Å². The molecule has 4 nitrogen and oxygen atoms in total. The van der Waals surface area contributed by atoms with Crippen molar-refractivity contribution in [1.82, 2.24) is 9.55 Å². The molecule has 0 spiro atoms. The molecule has 96 valence electrons. The molecule has 0 atom stereocenters. The Labute approximate surface area is 103 Å². The van der Waals surface area contributed by atoms with Crippen molar-refractivity contribution in [1.29, 1.82) is 0 Å². The van der Waals surface area contributed by atoms with Crippen molar-refractivity contribution in [3.63, 3.8) is 0 Å². The second-order valence-electron chi connectivity index (χ2n) is 5.32. The highest BCUT2D eigenvalue weighted by molar-refractivity contribution is 5.66. The number of aryl methyl sites for hydroxylation is 1. The summed E-state index contributed by atoms with van der Waals surface area (Å²) >= 11 is 0. The first kappa shape index (κ1) is 13.7. The monoisotopic (exact) mass is 238 g/mol. The number of unbranched alkanes of at least 4 members (excludes halogenated alkanes) is 1. The topological polar surface area (TPSA) is 55.1 Å². The molecular formula is C13H22N2O2. The summed E-state index contributed by atoms with van der Waals surface area (Å²) in [6.45, 7) is 5.29. The molecule has 0 aromatic carbocycles. The molecule has 1 aromatic rings. The molecule has 0 bridgehead atoms. The third-order valence-corrected chi connectivity index (χ3v) is 3.09. The van der Waals surface area contributed by atoms with Crippen molar-refractivity contribution in [3.05, 3.63) is 18.7 Å². The van der Waals surface area contributed by atoms with E-state index in [2.05, 4.69) is 23.4 Å². The van der Waals surface area contributed by atoms with E-state index in [0.717, 1.165) is 32.2 Å². The first-order valence-electron chi connectivity index (χ1n) is 6.17. The van der Waals surface area contributed by atoms with Crippen LogP contribution in [-0.4, -0.2) is 20.6 Å². The Morgan fingerprint density at radius 2 is 2.12 bits per heavy atom. The van der Waals surface area contributed by atoms with E-state index in [1.165, 1.54) is 0 Å². The standard InChI is InChI=1S/C13H22N2O2/c1-13(2,7-5-12(16)17)6-3-4-9-15-10-8-14-11-15/h8,10-11H,3-7,9H2,1-2H3,(H,16,17). The quantitative estimate of drug-likeness (QED) is 0.708. The fourth-order valence-electron chi connectivity index (χ4n) is 1.89. The fourth-order valence-corrected chi connectivity index (χ4v) is 1.89. The van der Waals surface area contributed by atoms with E-state index in [4.69, 9.17) is 5.11 Å². The number of hydrogen-bond acceptors (Lipinski definition) is 2. The van der Waals surface area contributed by atoms with Crippen LogP contribution in [0.5, 0.6) is 0 Å². The lowest BCUT2D eigenvalue weighted by Crippen LogP contribution is -2.13. The predicted molar refractivity (Wildman–Crippen MR) is 66.7 cm³/mol. The van der Waals surface area contributed by atoms with E-state index in [1.807, 2.05) is 12.5 Å². The van der Waals surface area contributed by atoms with E-state index in [1.54, 1.807) is 6.20 Å². The molecule has 0 amide bonds. The van der Waals surface area contributed by atoms with Gasteiger partial charge in [0.1, 0.15) is 0 Å². The third kappa shape index (κ3) is 6.09. The molecule has 0 aliphatic carbocycles. The number of aromatic nitrogens is 2. The number of hydrogen-bond donors (Lipinski definition) is 1. The van der Waals surface area contributed by atoms with Crippen LogP contribution in [0.15, 0.2) is 18.7 Å². The molecule has 1 heterocycles. The van der Waals surface area contributed by atoms with Crippen LogP contribution >= 0.6 is 0 Å². The van der Waals surface area contributed by atoms with Gasteiger partial charge in [0.2, 0.25) is 0 Å². The Balaban J connectivity index is 2.14. The summed E-state index contributed by atoms with van der Waals surface area (Å²) in [6, 6.07) is 0. The maximum absolute atomic E-state index is 10.5. The van der Waals surface area contributed by atoms with Gasteiger partial charge < -0.3 is 9.67 Å². The Morgan fingerprint density at radius 3 is 2.71 bits per heavy atom. The number of nitrogens with zero attached hydrogens (tertiary/aromatic N) is 2. The molecule has 4 heteroatoms. The summed E-state index contributed by atoms with van der Waals surface area (Å²) in [4.78, 5) is 14.5. The van der Waals surface area contributed by atoms with Crippen LogP contribution in [-0.2, 0) is 11.3 Å². The molecule has 1 aromatic heterocycles. The SMILES string of the molecule is CC(C)(CCCCn1ccnc1)CCC(=O)O. The van der Waals surface area contributed by atoms with Crippen LogP contribution in [0.1, 0.15) is 46.0 Å². The Morgan fingerprint density at radius 1 is 1.35 bits per heavy atom. The van der Waals surface area contributed by atoms with Gasteiger partial charge in [0.15, 0.2) is 0 Å². The van der Waals surface area contributed by atoms with E-state index >= 15 is 0 Å². The number of rotatable bonds is 8. The molecule has 0 unspecified atom stereocenters. The van der Waals surface area contributed by atoms with Crippen molar-refractivity contribution >= 4 is 5.97 Å². The third-order valence-electron chi connectivity index (χ3n) is 3.09. The van der Waals surface area contributed by atoms with Crippen LogP contribution in [0.3, 0.4) is 0 Å². The zero-order valence-electron chi connectivity index (χ0n) is 10.7. The molecule has 0 aliphatic heterocycles. The van der Waals surface area contributed by atoms with Gasteiger partial charge in [0.05, 0.1) is 6.33 Å². The normalized spacial score (nSPS) is 11.6. The summed E-state index contributed by atoms with van der Waals surface area (Å²) in [5.74, 6) is -0.698. The smallest absolute Gasteiger partial charge is 0.303 e. The van der Waals surface area contributed by atoms with Gasteiger partial charge in [-0.25, -0.2) is 4.98 Å². The van der Waals surface area contributed by atoms with Crippen molar-refractivity contribution in [2.75, 3.05) is 0 Å². The highest BCUT2D eigenvalue weighted by atomic mass is 16.4. The highest BCUT2D eigenvalue weighted by Gasteiger charge is 2.18. The fraction of sp³-hybridized carbons (Fsp3) is 0.692. The minimum atomic E-state index is -0.698. The zero-order valence-corrected chi connectivity index (χ0v) is 10.7. The molecule has 17 heavy (non-hydrogen) atoms. The summed E-state index contributed by atoms with van der Waals surface area (Å²) in [5, 5.41) is 8.66. The van der Waals surface area contributed by atoms with E-state index in [-0.39, 0.29) is 11.8 Å². The summed E-state index contributed by atoms with van der Waals surface area (Å²) in [6.07, 6.45) is 9.94. The number of carbonyl (C=O) groups is 1. The van der Waals surface area contributed by atoms with Crippen LogP contribution < -0.4 is 0 Å².